The highest BCUT2D eigenvalue weighted by molar-refractivity contribution is 6.02. The second kappa shape index (κ2) is 7.60. The molecule has 0 aliphatic carbocycles. The maximum atomic E-state index is 12.3. The number of hydrogen-bond donors (Lipinski definition) is 2. The Kier molecular flexibility index (Phi) is 5.07. The smallest absolute Gasteiger partial charge is 0.274 e. The van der Waals surface area contributed by atoms with Crippen LogP contribution in [0.1, 0.15) is 32.1 Å². The Hall–Kier alpha value is -3.48. The number of carbonyl (C=O) groups excluding carboxylic acids is 2. The van der Waals surface area contributed by atoms with Crippen molar-refractivity contribution in [2.75, 3.05) is 5.32 Å². The molecule has 2 amide bonds. The van der Waals surface area contributed by atoms with Gasteiger partial charge in [-0.05, 0) is 36.8 Å². The molecule has 26 heavy (non-hydrogen) atoms. The standard InChI is InChI=1S/C19H19N5O2/c1-13-16(12-22-24(13)2)18(25)21-11-14-6-5-7-15(10-14)23-19(26)17-8-3-4-9-20-17/h3-10,12H,11H2,1-2H3,(H,21,25)(H,23,26). The van der Waals surface area contributed by atoms with Crippen LogP contribution in [0.4, 0.5) is 5.69 Å². The number of pyridine rings is 1. The fourth-order valence-corrected chi connectivity index (χ4v) is 2.45. The molecule has 3 rings (SSSR count). The molecule has 7 nitrogen and oxygen atoms in total. The van der Waals surface area contributed by atoms with E-state index in [1.807, 2.05) is 25.1 Å². The van der Waals surface area contributed by atoms with Crippen LogP contribution < -0.4 is 10.6 Å². The SMILES string of the molecule is Cc1c(C(=O)NCc2cccc(NC(=O)c3ccccn3)c2)cnn1C. The summed E-state index contributed by atoms with van der Waals surface area (Å²) >= 11 is 0. The average Bonchev–Trinajstić information content (AvgIpc) is 3.00. The molecule has 2 N–H and O–H groups in total. The lowest BCUT2D eigenvalue weighted by Crippen LogP contribution is -2.23. The molecule has 2 aromatic heterocycles. The second-order valence-corrected chi connectivity index (χ2v) is 5.82. The Balaban J connectivity index is 1.63. The van der Waals surface area contributed by atoms with Crippen molar-refractivity contribution in [3.63, 3.8) is 0 Å². The number of carbonyl (C=O) groups is 2. The van der Waals surface area contributed by atoms with E-state index < -0.39 is 0 Å². The largest absolute Gasteiger partial charge is 0.348 e. The van der Waals surface area contributed by atoms with Crippen LogP contribution in [0.5, 0.6) is 0 Å². The van der Waals surface area contributed by atoms with Crippen molar-refractivity contribution in [3.05, 3.63) is 77.4 Å². The molecule has 0 spiro atoms. The fraction of sp³-hybridized carbons (Fsp3) is 0.158. The van der Waals surface area contributed by atoms with Gasteiger partial charge in [0.05, 0.1) is 11.8 Å². The molecule has 0 aliphatic heterocycles. The van der Waals surface area contributed by atoms with E-state index in [-0.39, 0.29) is 11.8 Å². The predicted octanol–water partition coefficient (Wildman–Crippen LogP) is 2.31. The number of hydrogen-bond acceptors (Lipinski definition) is 4. The lowest BCUT2D eigenvalue weighted by Gasteiger charge is -2.08. The molecule has 0 saturated carbocycles. The Bertz CT molecular complexity index is 934. The van der Waals surface area contributed by atoms with E-state index in [0.29, 0.717) is 23.5 Å². The number of anilines is 1. The van der Waals surface area contributed by atoms with Crippen LogP contribution in [0.3, 0.4) is 0 Å². The van der Waals surface area contributed by atoms with Crippen molar-refractivity contribution < 1.29 is 9.59 Å². The summed E-state index contributed by atoms with van der Waals surface area (Å²) in [5, 5.41) is 9.74. The third kappa shape index (κ3) is 3.94. The summed E-state index contributed by atoms with van der Waals surface area (Å²) in [6.07, 6.45) is 3.12. The monoisotopic (exact) mass is 349 g/mol. The van der Waals surface area contributed by atoms with Gasteiger partial charge in [0.1, 0.15) is 5.69 Å². The molecule has 0 atom stereocenters. The first-order chi connectivity index (χ1) is 12.5. The Morgan fingerprint density at radius 1 is 1.12 bits per heavy atom. The first-order valence-corrected chi connectivity index (χ1v) is 8.12. The van der Waals surface area contributed by atoms with Crippen molar-refractivity contribution in [2.24, 2.45) is 7.05 Å². The van der Waals surface area contributed by atoms with Crippen molar-refractivity contribution in [1.29, 1.82) is 0 Å². The van der Waals surface area contributed by atoms with Crippen LogP contribution in [0.15, 0.2) is 54.9 Å². The molecule has 2 heterocycles. The van der Waals surface area contributed by atoms with Gasteiger partial charge in [0.2, 0.25) is 0 Å². The van der Waals surface area contributed by atoms with E-state index in [4.69, 9.17) is 0 Å². The summed E-state index contributed by atoms with van der Waals surface area (Å²) in [5.41, 5.74) is 3.22. The van der Waals surface area contributed by atoms with E-state index >= 15 is 0 Å². The Morgan fingerprint density at radius 3 is 2.65 bits per heavy atom. The van der Waals surface area contributed by atoms with Crippen molar-refractivity contribution in [2.45, 2.75) is 13.5 Å². The Labute approximate surface area is 151 Å². The summed E-state index contributed by atoms with van der Waals surface area (Å²) in [6.45, 7) is 2.19. The lowest BCUT2D eigenvalue weighted by molar-refractivity contribution is 0.0949. The number of rotatable bonds is 5. The van der Waals surface area contributed by atoms with Crippen LogP contribution in [-0.4, -0.2) is 26.6 Å². The summed E-state index contributed by atoms with van der Waals surface area (Å²) in [7, 11) is 1.79. The summed E-state index contributed by atoms with van der Waals surface area (Å²) in [4.78, 5) is 28.4. The van der Waals surface area contributed by atoms with Gasteiger partial charge in [-0.15, -0.1) is 0 Å². The second-order valence-electron chi connectivity index (χ2n) is 5.82. The zero-order valence-electron chi connectivity index (χ0n) is 14.6. The van der Waals surface area contributed by atoms with Gasteiger partial charge in [0.25, 0.3) is 11.8 Å². The van der Waals surface area contributed by atoms with Crippen molar-refractivity contribution in [3.8, 4) is 0 Å². The molecular formula is C19H19N5O2. The molecule has 0 unspecified atom stereocenters. The minimum absolute atomic E-state index is 0.182. The van der Waals surface area contributed by atoms with E-state index in [1.54, 1.807) is 48.4 Å². The van der Waals surface area contributed by atoms with Crippen LogP contribution in [0.2, 0.25) is 0 Å². The first-order valence-electron chi connectivity index (χ1n) is 8.12. The molecule has 0 radical (unpaired) electrons. The van der Waals surface area contributed by atoms with Gasteiger partial charge in [0, 0.05) is 31.2 Å². The van der Waals surface area contributed by atoms with Gasteiger partial charge in [-0.25, -0.2) is 0 Å². The maximum absolute atomic E-state index is 12.3. The summed E-state index contributed by atoms with van der Waals surface area (Å²) in [6, 6.07) is 12.5. The molecule has 0 bridgehead atoms. The molecule has 0 aliphatic rings. The quantitative estimate of drug-likeness (QED) is 0.740. The number of nitrogens with zero attached hydrogens (tertiary/aromatic N) is 3. The van der Waals surface area contributed by atoms with Gasteiger partial charge in [-0.3, -0.25) is 19.3 Å². The van der Waals surface area contributed by atoms with Crippen molar-refractivity contribution in [1.82, 2.24) is 20.1 Å². The zero-order chi connectivity index (χ0) is 18.5. The van der Waals surface area contributed by atoms with Gasteiger partial charge in [-0.1, -0.05) is 18.2 Å². The van der Waals surface area contributed by atoms with Gasteiger partial charge in [0.15, 0.2) is 0 Å². The van der Waals surface area contributed by atoms with Crippen molar-refractivity contribution >= 4 is 17.5 Å². The topological polar surface area (TPSA) is 88.9 Å². The molecule has 132 valence electrons. The molecule has 7 heteroatoms. The summed E-state index contributed by atoms with van der Waals surface area (Å²) in [5.74, 6) is -0.462. The summed E-state index contributed by atoms with van der Waals surface area (Å²) < 4.78 is 1.66. The van der Waals surface area contributed by atoms with E-state index in [1.165, 1.54) is 0 Å². The highest BCUT2D eigenvalue weighted by Crippen LogP contribution is 2.12. The van der Waals surface area contributed by atoms with Crippen LogP contribution in [0, 0.1) is 6.92 Å². The lowest BCUT2D eigenvalue weighted by atomic mass is 10.2. The highest BCUT2D eigenvalue weighted by atomic mass is 16.2. The first kappa shape index (κ1) is 17.3. The Morgan fingerprint density at radius 2 is 1.96 bits per heavy atom. The molecule has 0 saturated heterocycles. The fourth-order valence-electron chi connectivity index (χ4n) is 2.45. The molecule has 1 aromatic carbocycles. The highest BCUT2D eigenvalue weighted by Gasteiger charge is 2.12. The number of aryl methyl sites for hydroxylation is 1. The zero-order valence-corrected chi connectivity index (χ0v) is 14.6. The van der Waals surface area contributed by atoms with E-state index in [0.717, 1.165) is 11.3 Å². The number of aromatic nitrogens is 3. The van der Waals surface area contributed by atoms with Gasteiger partial charge < -0.3 is 10.6 Å². The number of benzene rings is 1. The molecular weight excluding hydrogens is 330 g/mol. The number of nitrogens with one attached hydrogen (secondary N) is 2. The van der Waals surface area contributed by atoms with Crippen LogP contribution >= 0.6 is 0 Å². The van der Waals surface area contributed by atoms with Crippen LogP contribution in [0.25, 0.3) is 0 Å². The van der Waals surface area contributed by atoms with E-state index in [2.05, 4.69) is 20.7 Å². The van der Waals surface area contributed by atoms with E-state index in [9.17, 15) is 9.59 Å². The average molecular weight is 349 g/mol. The number of amides is 2. The minimum atomic E-state index is -0.280. The maximum Gasteiger partial charge on any atom is 0.274 e. The minimum Gasteiger partial charge on any atom is -0.348 e. The third-order valence-corrected chi connectivity index (χ3v) is 4.02. The molecule has 3 aromatic rings. The van der Waals surface area contributed by atoms with Crippen LogP contribution in [-0.2, 0) is 13.6 Å². The molecule has 0 fully saturated rings. The predicted molar refractivity (Wildman–Crippen MR) is 97.7 cm³/mol. The third-order valence-electron chi connectivity index (χ3n) is 4.02. The van der Waals surface area contributed by atoms with Gasteiger partial charge >= 0.3 is 0 Å². The van der Waals surface area contributed by atoms with Gasteiger partial charge in [-0.2, -0.15) is 5.10 Å². The normalized spacial score (nSPS) is 10.4.